The zero-order valence-electron chi connectivity index (χ0n) is 15.6. The fourth-order valence-corrected chi connectivity index (χ4v) is 3.32. The van der Waals surface area contributed by atoms with Gasteiger partial charge in [0, 0.05) is 6.54 Å². The van der Waals surface area contributed by atoms with E-state index in [2.05, 4.69) is 5.32 Å². The second-order valence-electron chi connectivity index (χ2n) is 6.74. The Hall–Kier alpha value is -2.08. The molecule has 144 valence electrons. The number of carboxylic acids is 1. The van der Waals surface area contributed by atoms with Crippen LogP contribution in [0.15, 0.2) is 24.3 Å². The Kier molecular flexibility index (Phi) is 7.91. The first-order valence-corrected chi connectivity index (χ1v) is 9.33. The molecule has 2 atom stereocenters. The molecule has 6 nitrogen and oxygen atoms in total. The number of aliphatic carboxylic acids is 1. The van der Waals surface area contributed by atoms with Crippen LogP contribution in [-0.4, -0.2) is 42.8 Å². The van der Waals surface area contributed by atoms with Gasteiger partial charge in [0.05, 0.1) is 19.1 Å². The third-order valence-corrected chi connectivity index (χ3v) is 4.85. The zero-order valence-corrected chi connectivity index (χ0v) is 15.6. The summed E-state index contributed by atoms with van der Waals surface area (Å²) in [6, 6.07) is 7.33. The number of hydrogen-bond donors (Lipinski definition) is 2. The van der Waals surface area contributed by atoms with E-state index in [0.717, 1.165) is 31.2 Å². The molecule has 1 amide bonds. The summed E-state index contributed by atoms with van der Waals surface area (Å²) in [4.78, 5) is 24.0. The zero-order chi connectivity index (χ0) is 18.9. The molecule has 1 fully saturated rings. The predicted octanol–water partition coefficient (Wildman–Crippen LogP) is 2.79. The van der Waals surface area contributed by atoms with Crippen LogP contribution >= 0.6 is 0 Å². The molecule has 6 heteroatoms. The van der Waals surface area contributed by atoms with Crippen molar-refractivity contribution in [1.82, 2.24) is 5.32 Å². The molecule has 0 spiro atoms. The first-order valence-electron chi connectivity index (χ1n) is 9.33. The fraction of sp³-hybridized carbons (Fsp3) is 0.600. The first-order chi connectivity index (χ1) is 12.5. The Bertz CT molecular complexity index is 598. The van der Waals surface area contributed by atoms with Crippen LogP contribution < -0.4 is 10.1 Å². The average molecular weight is 363 g/mol. The van der Waals surface area contributed by atoms with Crippen molar-refractivity contribution >= 4 is 11.9 Å². The summed E-state index contributed by atoms with van der Waals surface area (Å²) >= 11 is 0. The molecule has 0 aromatic heterocycles. The molecule has 1 aromatic carbocycles. The minimum Gasteiger partial charge on any atom is -0.496 e. The van der Waals surface area contributed by atoms with Gasteiger partial charge in [-0.05, 0) is 37.3 Å². The van der Waals surface area contributed by atoms with Crippen molar-refractivity contribution in [2.45, 2.75) is 57.7 Å². The second-order valence-corrected chi connectivity index (χ2v) is 6.74. The van der Waals surface area contributed by atoms with Crippen molar-refractivity contribution in [3.63, 3.8) is 0 Å². The molecule has 0 bridgehead atoms. The van der Waals surface area contributed by atoms with Crippen LogP contribution in [0.1, 0.15) is 44.6 Å². The first kappa shape index (κ1) is 20.2. The molecule has 1 aliphatic carbocycles. The van der Waals surface area contributed by atoms with E-state index in [4.69, 9.17) is 9.47 Å². The van der Waals surface area contributed by atoms with Gasteiger partial charge < -0.3 is 19.9 Å². The van der Waals surface area contributed by atoms with Crippen molar-refractivity contribution in [2.75, 3.05) is 13.7 Å². The molecule has 2 rings (SSSR count). The van der Waals surface area contributed by atoms with Gasteiger partial charge in [-0.25, -0.2) is 0 Å². The smallest absolute Gasteiger partial charge is 0.308 e. The lowest BCUT2D eigenvalue weighted by Crippen LogP contribution is -2.41. The third-order valence-electron chi connectivity index (χ3n) is 4.85. The van der Waals surface area contributed by atoms with E-state index < -0.39 is 18.0 Å². The molecule has 1 saturated carbocycles. The van der Waals surface area contributed by atoms with Crippen LogP contribution in [0.4, 0.5) is 0 Å². The molecule has 0 saturated heterocycles. The molecule has 0 radical (unpaired) electrons. The Labute approximate surface area is 154 Å². The van der Waals surface area contributed by atoms with Gasteiger partial charge in [0.25, 0.3) is 0 Å². The van der Waals surface area contributed by atoms with Crippen molar-refractivity contribution in [1.29, 1.82) is 0 Å². The third kappa shape index (κ3) is 5.73. The summed E-state index contributed by atoms with van der Waals surface area (Å²) in [6.07, 6.45) is 4.77. The molecular weight excluding hydrogens is 334 g/mol. The van der Waals surface area contributed by atoms with Crippen molar-refractivity contribution in [3.8, 4) is 5.75 Å². The standard InChI is InChI=1S/C20H29NO5/c1-3-17(26-16-9-5-6-10-16)19(22)21-13-15(20(23)24)12-14-8-4-7-11-18(14)25-2/h4,7-8,11,15-17H,3,5-6,9-10,12-13H2,1-2H3,(H,21,22)(H,23,24). The van der Waals surface area contributed by atoms with Gasteiger partial charge >= 0.3 is 5.97 Å². The highest BCUT2D eigenvalue weighted by Crippen LogP contribution is 2.23. The molecular formula is C20H29NO5. The number of benzene rings is 1. The summed E-state index contributed by atoms with van der Waals surface area (Å²) < 4.78 is 11.2. The highest BCUT2D eigenvalue weighted by Gasteiger charge is 2.26. The Morgan fingerprint density at radius 1 is 1.27 bits per heavy atom. The van der Waals surface area contributed by atoms with Gasteiger partial charge in [-0.3, -0.25) is 9.59 Å². The van der Waals surface area contributed by atoms with Crippen LogP contribution in [0.3, 0.4) is 0 Å². The topological polar surface area (TPSA) is 84.9 Å². The number of carbonyl (C=O) groups is 2. The van der Waals surface area contributed by atoms with Crippen LogP contribution in [0.5, 0.6) is 5.75 Å². The normalized spacial score (nSPS) is 16.8. The van der Waals surface area contributed by atoms with Gasteiger partial charge in [-0.1, -0.05) is 38.0 Å². The van der Waals surface area contributed by atoms with E-state index >= 15 is 0 Å². The number of amides is 1. The van der Waals surface area contributed by atoms with E-state index in [1.165, 1.54) is 0 Å². The molecule has 0 heterocycles. The minimum absolute atomic E-state index is 0.0662. The van der Waals surface area contributed by atoms with Crippen molar-refractivity contribution in [3.05, 3.63) is 29.8 Å². The van der Waals surface area contributed by atoms with Gasteiger partial charge in [-0.15, -0.1) is 0 Å². The highest BCUT2D eigenvalue weighted by molar-refractivity contribution is 5.81. The Morgan fingerprint density at radius 2 is 1.96 bits per heavy atom. The van der Waals surface area contributed by atoms with Gasteiger partial charge in [0.15, 0.2) is 0 Å². The van der Waals surface area contributed by atoms with Gasteiger partial charge in [-0.2, -0.15) is 0 Å². The summed E-state index contributed by atoms with van der Waals surface area (Å²) in [7, 11) is 1.56. The number of methoxy groups -OCH3 is 1. The molecule has 2 unspecified atom stereocenters. The monoisotopic (exact) mass is 363 g/mol. The summed E-state index contributed by atoms with van der Waals surface area (Å²) in [5.74, 6) is -1.24. The van der Waals surface area contributed by atoms with Crippen LogP contribution in [0.25, 0.3) is 0 Å². The Balaban J connectivity index is 1.92. The lowest BCUT2D eigenvalue weighted by atomic mass is 9.98. The van der Waals surface area contributed by atoms with Gasteiger partial charge in [0.1, 0.15) is 11.9 Å². The predicted molar refractivity (Wildman–Crippen MR) is 98.3 cm³/mol. The van der Waals surface area contributed by atoms with E-state index in [1.54, 1.807) is 13.2 Å². The van der Waals surface area contributed by atoms with Crippen molar-refractivity contribution < 1.29 is 24.2 Å². The quantitative estimate of drug-likeness (QED) is 0.668. The number of carboxylic acid groups (broad SMARTS) is 1. The number of ether oxygens (including phenoxy) is 2. The minimum atomic E-state index is -0.944. The van der Waals surface area contributed by atoms with Crippen molar-refractivity contribution in [2.24, 2.45) is 5.92 Å². The molecule has 1 aliphatic rings. The number of para-hydroxylation sites is 1. The average Bonchev–Trinajstić information content (AvgIpc) is 3.16. The maximum Gasteiger partial charge on any atom is 0.308 e. The maximum atomic E-state index is 12.4. The highest BCUT2D eigenvalue weighted by atomic mass is 16.5. The molecule has 1 aromatic rings. The lowest BCUT2D eigenvalue weighted by Gasteiger charge is -2.21. The molecule has 2 N–H and O–H groups in total. The summed E-state index contributed by atoms with van der Waals surface area (Å²) in [5.41, 5.74) is 0.811. The van der Waals surface area contributed by atoms with Crippen LogP contribution in [0.2, 0.25) is 0 Å². The van der Waals surface area contributed by atoms with Gasteiger partial charge in [0.2, 0.25) is 5.91 Å². The van der Waals surface area contributed by atoms with Crippen LogP contribution in [0, 0.1) is 5.92 Å². The summed E-state index contributed by atoms with van der Waals surface area (Å²) in [6.45, 7) is 1.97. The largest absolute Gasteiger partial charge is 0.496 e. The molecule has 0 aliphatic heterocycles. The maximum absolute atomic E-state index is 12.4. The number of carbonyl (C=O) groups excluding carboxylic acids is 1. The number of hydrogen-bond acceptors (Lipinski definition) is 4. The Morgan fingerprint density at radius 3 is 2.58 bits per heavy atom. The SMILES string of the molecule is CCC(OC1CCCC1)C(=O)NCC(Cc1ccccc1OC)C(=O)O. The summed E-state index contributed by atoms with van der Waals surface area (Å²) in [5, 5.41) is 12.3. The van der Waals surface area contributed by atoms with E-state index in [1.807, 2.05) is 25.1 Å². The molecule has 26 heavy (non-hydrogen) atoms. The van der Waals surface area contributed by atoms with E-state index in [0.29, 0.717) is 18.6 Å². The number of rotatable bonds is 10. The fourth-order valence-electron chi connectivity index (χ4n) is 3.32. The second kappa shape index (κ2) is 10.2. The van der Waals surface area contributed by atoms with Crippen LogP contribution in [-0.2, 0) is 20.7 Å². The number of nitrogens with one attached hydrogen (secondary N) is 1. The lowest BCUT2D eigenvalue weighted by molar-refractivity contribution is -0.142. The van der Waals surface area contributed by atoms with E-state index in [9.17, 15) is 14.7 Å². The van der Waals surface area contributed by atoms with E-state index in [-0.39, 0.29) is 18.6 Å².